The molecule has 5 heteroatoms. The summed E-state index contributed by atoms with van der Waals surface area (Å²) in [5, 5.41) is 3.56. The summed E-state index contributed by atoms with van der Waals surface area (Å²) in [7, 11) is 1.36. The Morgan fingerprint density at radius 1 is 1.03 bits per heavy atom. The molecule has 1 N–H and O–H groups in total. The average Bonchev–Trinajstić information content (AvgIpc) is 3.29. The van der Waals surface area contributed by atoms with Gasteiger partial charge in [0.2, 0.25) is 0 Å². The van der Waals surface area contributed by atoms with Crippen LogP contribution >= 0.6 is 0 Å². The number of hydrogen-bond donors (Lipinski definition) is 1. The van der Waals surface area contributed by atoms with Gasteiger partial charge in [0.25, 0.3) is 0 Å². The molecule has 0 aromatic heterocycles. The van der Waals surface area contributed by atoms with Crippen molar-refractivity contribution in [2.75, 3.05) is 7.11 Å². The van der Waals surface area contributed by atoms with Gasteiger partial charge < -0.3 is 9.47 Å². The SMILES string of the molecule is C=C(C(=O)OC)c1ccccc1C(C)N[C@H](C(=O)OC1CCCC1)C1CCCCC1. The van der Waals surface area contributed by atoms with Gasteiger partial charge in [0.15, 0.2) is 0 Å². The molecule has 3 rings (SSSR count). The average molecular weight is 414 g/mol. The van der Waals surface area contributed by atoms with Crippen molar-refractivity contribution in [2.45, 2.75) is 82.9 Å². The van der Waals surface area contributed by atoms with Gasteiger partial charge in [-0.05, 0) is 62.5 Å². The molecule has 0 amide bonds. The van der Waals surface area contributed by atoms with E-state index in [4.69, 9.17) is 9.47 Å². The van der Waals surface area contributed by atoms with E-state index in [0.29, 0.717) is 5.57 Å². The van der Waals surface area contributed by atoms with E-state index in [-0.39, 0.29) is 30.1 Å². The summed E-state index contributed by atoms with van der Waals surface area (Å²) in [6.07, 6.45) is 9.91. The van der Waals surface area contributed by atoms with E-state index in [0.717, 1.165) is 62.5 Å². The molecule has 2 atom stereocenters. The van der Waals surface area contributed by atoms with Gasteiger partial charge in [-0.3, -0.25) is 10.1 Å². The number of benzene rings is 1. The second kappa shape index (κ2) is 10.8. The highest BCUT2D eigenvalue weighted by atomic mass is 16.5. The van der Waals surface area contributed by atoms with Gasteiger partial charge in [-0.2, -0.15) is 0 Å². The minimum Gasteiger partial charge on any atom is -0.465 e. The van der Waals surface area contributed by atoms with Crippen molar-refractivity contribution < 1.29 is 19.1 Å². The number of nitrogens with one attached hydrogen (secondary N) is 1. The summed E-state index contributed by atoms with van der Waals surface area (Å²) in [5.74, 6) is -0.282. The molecule has 0 heterocycles. The lowest BCUT2D eigenvalue weighted by molar-refractivity contribution is -0.153. The zero-order valence-electron chi connectivity index (χ0n) is 18.3. The molecule has 2 saturated carbocycles. The number of ether oxygens (including phenoxy) is 2. The van der Waals surface area contributed by atoms with Crippen LogP contribution in [0.4, 0.5) is 0 Å². The maximum Gasteiger partial charge on any atom is 0.337 e. The normalized spacial score (nSPS) is 19.8. The Bertz CT molecular complexity index is 747. The van der Waals surface area contributed by atoms with Crippen molar-refractivity contribution in [1.82, 2.24) is 5.32 Å². The molecule has 2 aliphatic rings. The fourth-order valence-electron chi connectivity index (χ4n) is 4.85. The van der Waals surface area contributed by atoms with Crippen LogP contribution in [0.5, 0.6) is 0 Å². The molecular formula is C25H35NO4. The van der Waals surface area contributed by atoms with E-state index >= 15 is 0 Å². The molecule has 1 aromatic rings. The van der Waals surface area contributed by atoms with Crippen LogP contribution in [0.15, 0.2) is 30.8 Å². The Hall–Kier alpha value is -2.14. The lowest BCUT2D eigenvalue weighted by Gasteiger charge is -2.33. The standard InChI is InChI=1S/C25H35NO4/c1-17(24(27)29-3)21-15-9-10-16-22(21)18(2)26-23(19-11-5-4-6-12-19)25(28)30-20-13-7-8-14-20/h9-10,15-16,18-20,23,26H,1,4-8,11-14H2,2-3H3/t18?,23-/m0/s1. The molecule has 164 valence electrons. The van der Waals surface area contributed by atoms with Crippen LogP contribution in [-0.2, 0) is 19.1 Å². The van der Waals surface area contributed by atoms with Gasteiger partial charge in [-0.25, -0.2) is 4.79 Å². The number of carbonyl (C=O) groups excluding carboxylic acids is 2. The second-order valence-corrected chi connectivity index (χ2v) is 8.66. The fraction of sp³-hybridized carbons (Fsp3) is 0.600. The van der Waals surface area contributed by atoms with Gasteiger partial charge in [0.1, 0.15) is 12.1 Å². The second-order valence-electron chi connectivity index (χ2n) is 8.66. The van der Waals surface area contributed by atoms with Crippen LogP contribution < -0.4 is 5.32 Å². The smallest absolute Gasteiger partial charge is 0.337 e. The fourth-order valence-corrected chi connectivity index (χ4v) is 4.85. The maximum atomic E-state index is 13.2. The zero-order valence-corrected chi connectivity index (χ0v) is 18.3. The van der Waals surface area contributed by atoms with Gasteiger partial charge in [0, 0.05) is 6.04 Å². The molecule has 0 aliphatic heterocycles. The summed E-state index contributed by atoms with van der Waals surface area (Å²) in [4.78, 5) is 25.2. The van der Waals surface area contributed by atoms with Gasteiger partial charge in [-0.1, -0.05) is 50.1 Å². The van der Waals surface area contributed by atoms with Crippen LogP contribution in [0.25, 0.3) is 5.57 Å². The Morgan fingerprint density at radius 2 is 1.67 bits per heavy atom. The van der Waals surface area contributed by atoms with Gasteiger partial charge in [-0.15, -0.1) is 0 Å². The van der Waals surface area contributed by atoms with Gasteiger partial charge >= 0.3 is 11.9 Å². The first-order chi connectivity index (χ1) is 14.5. The van der Waals surface area contributed by atoms with E-state index in [1.165, 1.54) is 13.5 Å². The molecule has 5 nitrogen and oxygen atoms in total. The first-order valence-corrected chi connectivity index (χ1v) is 11.3. The summed E-state index contributed by atoms with van der Waals surface area (Å²) in [6, 6.07) is 7.20. The van der Waals surface area contributed by atoms with E-state index < -0.39 is 5.97 Å². The minimum absolute atomic E-state index is 0.0621. The van der Waals surface area contributed by atoms with Crippen molar-refractivity contribution in [3.63, 3.8) is 0 Å². The maximum absolute atomic E-state index is 13.2. The topological polar surface area (TPSA) is 64.6 Å². The van der Waals surface area contributed by atoms with Gasteiger partial charge in [0.05, 0.1) is 12.7 Å². The quantitative estimate of drug-likeness (QED) is 0.482. The molecule has 0 bridgehead atoms. The first-order valence-electron chi connectivity index (χ1n) is 11.3. The third kappa shape index (κ3) is 5.51. The Balaban J connectivity index is 1.79. The highest BCUT2D eigenvalue weighted by Crippen LogP contribution is 2.31. The molecule has 0 spiro atoms. The molecule has 1 aromatic carbocycles. The lowest BCUT2D eigenvalue weighted by atomic mass is 9.83. The third-order valence-corrected chi connectivity index (χ3v) is 6.57. The van der Waals surface area contributed by atoms with Crippen molar-refractivity contribution in [2.24, 2.45) is 5.92 Å². The summed E-state index contributed by atoms with van der Waals surface area (Å²) in [6.45, 7) is 5.95. The molecule has 2 fully saturated rings. The third-order valence-electron chi connectivity index (χ3n) is 6.57. The van der Waals surface area contributed by atoms with Crippen molar-refractivity contribution >= 4 is 17.5 Å². The Labute approximate surface area is 180 Å². The molecule has 30 heavy (non-hydrogen) atoms. The Morgan fingerprint density at radius 3 is 2.33 bits per heavy atom. The molecule has 2 aliphatic carbocycles. The van der Waals surface area contributed by atoms with Crippen LogP contribution in [0.3, 0.4) is 0 Å². The minimum atomic E-state index is -0.445. The van der Waals surface area contributed by atoms with Crippen molar-refractivity contribution in [1.29, 1.82) is 0 Å². The zero-order chi connectivity index (χ0) is 21.5. The molecule has 0 saturated heterocycles. The molecular weight excluding hydrogens is 378 g/mol. The lowest BCUT2D eigenvalue weighted by Crippen LogP contribution is -2.46. The number of carbonyl (C=O) groups is 2. The highest BCUT2D eigenvalue weighted by Gasteiger charge is 2.34. The van der Waals surface area contributed by atoms with Crippen molar-refractivity contribution in [3.8, 4) is 0 Å². The predicted molar refractivity (Wildman–Crippen MR) is 118 cm³/mol. The number of methoxy groups -OCH3 is 1. The van der Waals surface area contributed by atoms with Crippen LogP contribution in [0.2, 0.25) is 0 Å². The Kier molecular flexibility index (Phi) is 8.08. The monoisotopic (exact) mass is 413 g/mol. The summed E-state index contributed by atoms with van der Waals surface area (Å²) in [5.41, 5.74) is 2.00. The molecule has 1 unspecified atom stereocenters. The van der Waals surface area contributed by atoms with E-state index in [1.54, 1.807) is 0 Å². The summed E-state index contributed by atoms with van der Waals surface area (Å²) >= 11 is 0. The highest BCUT2D eigenvalue weighted by molar-refractivity contribution is 6.16. The van der Waals surface area contributed by atoms with E-state index in [2.05, 4.69) is 11.9 Å². The van der Waals surface area contributed by atoms with E-state index in [1.807, 2.05) is 31.2 Å². The largest absolute Gasteiger partial charge is 0.465 e. The number of hydrogen-bond acceptors (Lipinski definition) is 5. The number of rotatable bonds is 8. The predicted octanol–water partition coefficient (Wildman–Crippen LogP) is 4.96. The number of esters is 2. The summed E-state index contributed by atoms with van der Waals surface area (Å²) < 4.78 is 10.8. The first kappa shape index (κ1) is 22.5. The van der Waals surface area contributed by atoms with Crippen LogP contribution in [0.1, 0.15) is 81.9 Å². The van der Waals surface area contributed by atoms with Crippen LogP contribution in [-0.4, -0.2) is 31.2 Å². The van der Waals surface area contributed by atoms with Crippen LogP contribution in [0, 0.1) is 5.92 Å². The van der Waals surface area contributed by atoms with E-state index in [9.17, 15) is 9.59 Å². The molecule has 0 radical (unpaired) electrons. The van der Waals surface area contributed by atoms with Crippen molar-refractivity contribution in [3.05, 3.63) is 42.0 Å².